The van der Waals surface area contributed by atoms with Crippen LogP contribution in [-0.2, 0) is 0 Å². The molecule has 18 heavy (non-hydrogen) atoms. The summed E-state index contributed by atoms with van der Waals surface area (Å²) in [4.78, 5) is 13.2. The van der Waals surface area contributed by atoms with Crippen molar-refractivity contribution in [1.82, 2.24) is 4.90 Å². The highest BCUT2D eigenvalue weighted by molar-refractivity contribution is 5.95. The van der Waals surface area contributed by atoms with E-state index in [1.807, 2.05) is 0 Å². The summed E-state index contributed by atoms with van der Waals surface area (Å²) in [5, 5.41) is 9.16. The Morgan fingerprint density at radius 1 is 1.39 bits per heavy atom. The van der Waals surface area contributed by atoms with E-state index in [1.54, 1.807) is 13.8 Å². The van der Waals surface area contributed by atoms with Gasteiger partial charge in [0.05, 0.1) is 23.4 Å². The Morgan fingerprint density at radius 3 is 2.44 bits per heavy atom. The Bertz CT molecular complexity index is 475. The minimum Gasteiger partial charge on any atom is -0.396 e. The average molecular weight is 258 g/mol. The van der Waals surface area contributed by atoms with Gasteiger partial charge in [-0.15, -0.1) is 0 Å². The maximum absolute atomic E-state index is 13.5. The van der Waals surface area contributed by atoms with E-state index in [1.165, 1.54) is 11.9 Å². The summed E-state index contributed by atoms with van der Waals surface area (Å²) >= 11 is 0. The molecule has 0 aliphatic rings. The van der Waals surface area contributed by atoms with Crippen LogP contribution in [0.3, 0.4) is 0 Å². The second kappa shape index (κ2) is 4.89. The lowest BCUT2D eigenvalue weighted by atomic mass is 10.0. The number of nitrogens with zero attached hydrogens (tertiary/aromatic N) is 1. The van der Waals surface area contributed by atoms with E-state index in [0.29, 0.717) is 6.07 Å². The number of aliphatic hydroxyl groups excluding tert-OH is 1. The SMILES string of the molecule is CN(C(=O)c1cc(N)c(F)cc1F)C(C)(C)CO. The van der Waals surface area contributed by atoms with Crippen molar-refractivity contribution in [3.05, 3.63) is 29.3 Å². The van der Waals surface area contributed by atoms with Gasteiger partial charge in [0, 0.05) is 13.1 Å². The maximum Gasteiger partial charge on any atom is 0.257 e. The Hall–Kier alpha value is -1.69. The Kier molecular flexibility index (Phi) is 3.91. The first kappa shape index (κ1) is 14.4. The van der Waals surface area contributed by atoms with Gasteiger partial charge < -0.3 is 15.7 Å². The fraction of sp³-hybridized carbons (Fsp3) is 0.417. The van der Waals surface area contributed by atoms with Crippen LogP contribution in [0.25, 0.3) is 0 Å². The fourth-order valence-electron chi connectivity index (χ4n) is 1.29. The number of aliphatic hydroxyl groups is 1. The van der Waals surface area contributed by atoms with Gasteiger partial charge in [0.25, 0.3) is 5.91 Å². The van der Waals surface area contributed by atoms with Crippen LogP contribution < -0.4 is 5.73 Å². The second-order valence-corrected chi connectivity index (χ2v) is 4.69. The molecule has 0 aromatic heterocycles. The third kappa shape index (κ3) is 2.59. The van der Waals surface area contributed by atoms with E-state index in [2.05, 4.69) is 0 Å². The topological polar surface area (TPSA) is 66.6 Å². The van der Waals surface area contributed by atoms with Crippen molar-refractivity contribution in [2.45, 2.75) is 19.4 Å². The van der Waals surface area contributed by atoms with Crippen LogP contribution in [0.2, 0.25) is 0 Å². The molecular formula is C12H16F2N2O2. The summed E-state index contributed by atoms with van der Waals surface area (Å²) in [5.41, 5.74) is 3.84. The highest BCUT2D eigenvalue weighted by Crippen LogP contribution is 2.21. The third-order valence-electron chi connectivity index (χ3n) is 2.92. The Labute approximate surface area is 104 Å². The monoisotopic (exact) mass is 258 g/mol. The summed E-state index contributed by atoms with van der Waals surface area (Å²) in [5.74, 6) is -2.56. The lowest BCUT2D eigenvalue weighted by Gasteiger charge is -2.34. The first-order valence-electron chi connectivity index (χ1n) is 5.34. The molecule has 1 aromatic carbocycles. The summed E-state index contributed by atoms with van der Waals surface area (Å²) < 4.78 is 26.5. The maximum atomic E-state index is 13.5. The van der Waals surface area contributed by atoms with Gasteiger partial charge in [-0.3, -0.25) is 4.79 Å². The lowest BCUT2D eigenvalue weighted by Crippen LogP contribution is -2.47. The van der Waals surface area contributed by atoms with Crippen molar-refractivity contribution in [2.24, 2.45) is 0 Å². The molecule has 4 nitrogen and oxygen atoms in total. The Balaban J connectivity index is 3.16. The van der Waals surface area contributed by atoms with E-state index in [-0.39, 0.29) is 17.9 Å². The molecule has 0 heterocycles. The number of amides is 1. The van der Waals surface area contributed by atoms with Gasteiger partial charge in [0.2, 0.25) is 0 Å². The van der Waals surface area contributed by atoms with Crippen LogP contribution in [0.1, 0.15) is 24.2 Å². The molecule has 100 valence electrons. The molecule has 1 aromatic rings. The molecule has 6 heteroatoms. The average Bonchev–Trinajstić information content (AvgIpc) is 2.32. The highest BCUT2D eigenvalue weighted by atomic mass is 19.1. The molecule has 0 saturated carbocycles. The zero-order valence-electron chi connectivity index (χ0n) is 10.5. The zero-order chi connectivity index (χ0) is 14.1. The molecule has 3 N–H and O–H groups in total. The van der Waals surface area contributed by atoms with E-state index in [4.69, 9.17) is 10.8 Å². The molecule has 1 rings (SSSR count). The number of nitrogens with two attached hydrogens (primary N) is 1. The van der Waals surface area contributed by atoms with Crippen LogP contribution in [0.4, 0.5) is 14.5 Å². The second-order valence-electron chi connectivity index (χ2n) is 4.69. The lowest BCUT2D eigenvalue weighted by molar-refractivity contribution is 0.0469. The summed E-state index contributed by atoms with van der Waals surface area (Å²) in [7, 11) is 1.43. The number of carbonyl (C=O) groups excluding carboxylic acids is 1. The largest absolute Gasteiger partial charge is 0.396 e. The molecule has 0 unspecified atom stereocenters. The number of halogens is 2. The molecule has 0 radical (unpaired) electrons. The van der Waals surface area contributed by atoms with Crippen LogP contribution in [-0.4, -0.2) is 35.1 Å². The van der Waals surface area contributed by atoms with Gasteiger partial charge in [-0.2, -0.15) is 0 Å². The molecule has 0 fully saturated rings. The normalized spacial score (nSPS) is 11.4. The summed E-state index contributed by atoms with van der Waals surface area (Å²) in [6.45, 7) is 2.96. The van der Waals surface area contributed by atoms with Gasteiger partial charge in [-0.1, -0.05) is 0 Å². The van der Waals surface area contributed by atoms with Crippen molar-refractivity contribution in [3.63, 3.8) is 0 Å². The Morgan fingerprint density at radius 2 is 1.94 bits per heavy atom. The van der Waals surface area contributed by atoms with Crippen LogP contribution >= 0.6 is 0 Å². The van der Waals surface area contributed by atoms with Crippen molar-refractivity contribution in [3.8, 4) is 0 Å². The van der Waals surface area contributed by atoms with Crippen molar-refractivity contribution in [2.75, 3.05) is 19.4 Å². The van der Waals surface area contributed by atoms with E-state index in [0.717, 1.165) is 6.07 Å². The number of rotatable bonds is 3. The van der Waals surface area contributed by atoms with E-state index < -0.39 is 23.1 Å². The number of likely N-dealkylation sites (N-methyl/N-ethyl adjacent to an activating group) is 1. The van der Waals surface area contributed by atoms with Crippen LogP contribution in [0, 0.1) is 11.6 Å². The first-order valence-corrected chi connectivity index (χ1v) is 5.34. The molecule has 0 spiro atoms. The van der Waals surface area contributed by atoms with Gasteiger partial charge in [-0.05, 0) is 19.9 Å². The number of hydrogen-bond acceptors (Lipinski definition) is 3. The molecule has 0 saturated heterocycles. The number of hydrogen-bond donors (Lipinski definition) is 2. The highest BCUT2D eigenvalue weighted by Gasteiger charge is 2.29. The number of anilines is 1. The minimum absolute atomic E-state index is 0.284. The minimum atomic E-state index is -0.979. The number of carbonyl (C=O) groups is 1. The molecule has 0 bridgehead atoms. The first-order chi connectivity index (χ1) is 8.20. The van der Waals surface area contributed by atoms with Gasteiger partial charge >= 0.3 is 0 Å². The van der Waals surface area contributed by atoms with Gasteiger partial charge in [0.1, 0.15) is 11.6 Å². The molecule has 0 aliphatic heterocycles. The third-order valence-corrected chi connectivity index (χ3v) is 2.92. The van der Waals surface area contributed by atoms with E-state index in [9.17, 15) is 13.6 Å². The fourth-order valence-corrected chi connectivity index (χ4v) is 1.29. The summed E-state index contributed by atoms with van der Waals surface area (Å²) in [6, 6.07) is 1.53. The van der Waals surface area contributed by atoms with Crippen molar-refractivity contribution < 1.29 is 18.7 Å². The molecule has 0 atom stereocenters. The van der Waals surface area contributed by atoms with Crippen LogP contribution in [0.15, 0.2) is 12.1 Å². The number of benzene rings is 1. The molecule has 0 aliphatic carbocycles. The number of nitrogen functional groups attached to an aromatic ring is 1. The van der Waals surface area contributed by atoms with E-state index >= 15 is 0 Å². The predicted octanol–water partition coefficient (Wildman–Crippen LogP) is 1.39. The zero-order valence-corrected chi connectivity index (χ0v) is 10.5. The standard InChI is InChI=1S/C12H16F2N2O2/c1-12(2,6-17)16(3)11(18)7-4-10(15)9(14)5-8(7)13/h4-5,17H,6,15H2,1-3H3. The summed E-state index contributed by atoms with van der Waals surface area (Å²) in [6.07, 6.45) is 0. The molecule has 1 amide bonds. The van der Waals surface area contributed by atoms with Crippen LogP contribution in [0.5, 0.6) is 0 Å². The van der Waals surface area contributed by atoms with Crippen molar-refractivity contribution in [1.29, 1.82) is 0 Å². The van der Waals surface area contributed by atoms with Gasteiger partial charge in [0.15, 0.2) is 0 Å². The quantitative estimate of drug-likeness (QED) is 0.805. The van der Waals surface area contributed by atoms with Gasteiger partial charge in [-0.25, -0.2) is 8.78 Å². The molecular weight excluding hydrogens is 242 g/mol. The van der Waals surface area contributed by atoms with Crippen molar-refractivity contribution >= 4 is 11.6 Å². The predicted molar refractivity (Wildman–Crippen MR) is 64.0 cm³/mol. The smallest absolute Gasteiger partial charge is 0.257 e.